The van der Waals surface area contributed by atoms with Gasteiger partial charge < -0.3 is 24.6 Å². The molecule has 2 heterocycles. The van der Waals surface area contributed by atoms with Crippen molar-refractivity contribution in [3.8, 4) is 11.5 Å². The quantitative estimate of drug-likeness (QED) is 0.834. The zero-order valence-electron chi connectivity index (χ0n) is 13.9. The summed E-state index contributed by atoms with van der Waals surface area (Å²) in [5.74, 6) is 1.53. The highest BCUT2D eigenvalue weighted by Gasteiger charge is 2.23. The lowest BCUT2D eigenvalue weighted by atomic mass is 10.2. The van der Waals surface area contributed by atoms with Crippen LogP contribution in [-0.4, -0.2) is 43.9 Å². The fourth-order valence-corrected chi connectivity index (χ4v) is 3.39. The van der Waals surface area contributed by atoms with Crippen LogP contribution in [0.4, 0.5) is 16.2 Å². The van der Waals surface area contributed by atoms with Gasteiger partial charge in [-0.2, -0.15) is 0 Å². The number of rotatable bonds is 2. The highest BCUT2D eigenvalue weighted by Crippen LogP contribution is 2.35. The van der Waals surface area contributed by atoms with Gasteiger partial charge in [-0.05, 0) is 24.3 Å². The molecule has 2 amide bonds. The number of amides is 2. The number of nitrogens with zero attached hydrogens (tertiary/aromatic N) is 2. The zero-order valence-corrected chi connectivity index (χ0v) is 15.4. The third-order valence-electron chi connectivity index (χ3n) is 4.48. The summed E-state index contributed by atoms with van der Waals surface area (Å²) in [5, 5.41) is 3.59. The second-order valence-electron chi connectivity index (χ2n) is 6.04. The number of hydrogen-bond donors (Lipinski definition) is 1. The lowest BCUT2D eigenvalue weighted by Crippen LogP contribution is -2.50. The van der Waals surface area contributed by atoms with E-state index in [-0.39, 0.29) is 12.8 Å². The van der Waals surface area contributed by atoms with Crippen molar-refractivity contribution >= 4 is 40.6 Å². The molecule has 0 spiro atoms. The van der Waals surface area contributed by atoms with Gasteiger partial charge >= 0.3 is 6.03 Å². The van der Waals surface area contributed by atoms with Crippen LogP contribution in [0.25, 0.3) is 0 Å². The molecule has 26 heavy (non-hydrogen) atoms. The molecule has 0 unspecified atom stereocenters. The van der Waals surface area contributed by atoms with E-state index < -0.39 is 0 Å². The number of nitrogens with one attached hydrogen (secondary N) is 1. The highest BCUT2D eigenvalue weighted by molar-refractivity contribution is 6.43. The Balaban J connectivity index is 1.37. The van der Waals surface area contributed by atoms with Crippen LogP contribution in [0.1, 0.15) is 0 Å². The Labute approximate surface area is 161 Å². The van der Waals surface area contributed by atoms with Crippen molar-refractivity contribution in [2.45, 2.75) is 0 Å². The maximum Gasteiger partial charge on any atom is 0.322 e. The number of piperazine rings is 1. The van der Waals surface area contributed by atoms with Gasteiger partial charge in [-0.15, -0.1) is 0 Å². The molecule has 1 saturated heterocycles. The average molecular weight is 394 g/mol. The van der Waals surface area contributed by atoms with Gasteiger partial charge in [0.1, 0.15) is 0 Å². The van der Waals surface area contributed by atoms with E-state index in [0.29, 0.717) is 28.8 Å². The number of carbonyl (C=O) groups excluding carboxylic acids is 1. The zero-order chi connectivity index (χ0) is 18.1. The van der Waals surface area contributed by atoms with E-state index >= 15 is 0 Å². The predicted molar refractivity (Wildman–Crippen MR) is 102 cm³/mol. The fraction of sp³-hybridized carbons (Fsp3) is 0.278. The second-order valence-corrected chi connectivity index (χ2v) is 6.83. The minimum atomic E-state index is -0.181. The van der Waals surface area contributed by atoms with Crippen LogP contribution in [0.2, 0.25) is 10.0 Å². The van der Waals surface area contributed by atoms with Gasteiger partial charge in [0, 0.05) is 37.9 Å². The highest BCUT2D eigenvalue weighted by atomic mass is 35.5. The molecule has 4 rings (SSSR count). The Kier molecular flexibility index (Phi) is 4.70. The number of benzene rings is 2. The smallest absolute Gasteiger partial charge is 0.322 e. The summed E-state index contributed by atoms with van der Waals surface area (Å²) in [5.41, 5.74) is 1.58. The van der Waals surface area contributed by atoms with Crippen LogP contribution in [0, 0.1) is 0 Å². The molecule has 2 aliphatic heterocycles. The SMILES string of the molecule is O=C(Nc1cccc(Cl)c1Cl)N1CCN(c2ccc3c(c2)OCO3)CC1. The first-order chi connectivity index (χ1) is 12.6. The Bertz CT molecular complexity index is 838. The van der Waals surface area contributed by atoms with Crippen LogP contribution < -0.4 is 19.7 Å². The van der Waals surface area contributed by atoms with Gasteiger partial charge in [0.05, 0.1) is 15.7 Å². The van der Waals surface area contributed by atoms with Crippen LogP contribution in [0.3, 0.4) is 0 Å². The summed E-state index contributed by atoms with van der Waals surface area (Å²) in [7, 11) is 0. The molecule has 2 aliphatic rings. The second kappa shape index (κ2) is 7.13. The summed E-state index contributed by atoms with van der Waals surface area (Å²) in [6.07, 6.45) is 0. The third kappa shape index (κ3) is 3.34. The van der Waals surface area contributed by atoms with Crippen molar-refractivity contribution in [1.29, 1.82) is 0 Å². The monoisotopic (exact) mass is 393 g/mol. The lowest BCUT2D eigenvalue weighted by Gasteiger charge is -2.36. The number of ether oxygens (including phenoxy) is 2. The molecule has 1 fully saturated rings. The number of halogens is 2. The molecule has 2 aromatic rings. The van der Waals surface area contributed by atoms with Gasteiger partial charge in [-0.25, -0.2) is 4.79 Å². The maximum atomic E-state index is 12.5. The predicted octanol–water partition coefficient (Wildman–Crippen LogP) is 4.08. The van der Waals surface area contributed by atoms with E-state index in [1.165, 1.54) is 0 Å². The number of urea groups is 1. The first-order valence-corrected chi connectivity index (χ1v) is 9.02. The van der Waals surface area contributed by atoms with E-state index in [9.17, 15) is 4.79 Å². The third-order valence-corrected chi connectivity index (χ3v) is 5.30. The number of hydrogen-bond acceptors (Lipinski definition) is 4. The normalized spacial score (nSPS) is 15.9. The maximum absolute atomic E-state index is 12.5. The molecular formula is C18H17Cl2N3O3. The van der Waals surface area contributed by atoms with Crippen LogP contribution >= 0.6 is 23.2 Å². The van der Waals surface area contributed by atoms with E-state index in [1.54, 1.807) is 23.1 Å². The lowest BCUT2D eigenvalue weighted by molar-refractivity contribution is 0.174. The van der Waals surface area contributed by atoms with E-state index in [0.717, 1.165) is 30.3 Å². The molecule has 136 valence electrons. The topological polar surface area (TPSA) is 54.0 Å². The minimum Gasteiger partial charge on any atom is -0.454 e. The molecule has 0 aliphatic carbocycles. The largest absolute Gasteiger partial charge is 0.454 e. The molecular weight excluding hydrogens is 377 g/mol. The Morgan fingerprint density at radius 1 is 1.00 bits per heavy atom. The first kappa shape index (κ1) is 17.1. The fourth-order valence-electron chi connectivity index (χ4n) is 3.04. The Hall–Kier alpha value is -2.31. The summed E-state index contributed by atoms with van der Waals surface area (Å²) < 4.78 is 10.8. The summed E-state index contributed by atoms with van der Waals surface area (Å²) in [4.78, 5) is 16.5. The van der Waals surface area contributed by atoms with Crippen LogP contribution in [-0.2, 0) is 0 Å². The van der Waals surface area contributed by atoms with E-state index in [4.69, 9.17) is 32.7 Å². The molecule has 0 saturated carbocycles. The van der Waals surface area contributed by atoms with Crippen molar-refractivity contribution < 1.29 is 14.3 Å². The van der Waals surface area contributed by atoms with Crippen LogP contribution in [0.5, 0.6) is 11.5 Å². The molecule has 0 radical (unpaired) electrons. The van der Waals surface area contributed by atoms with Gasteiger partial charge in [-0.1, -0.05) is 29.3 Å². The molecule has 8 heteroatoms. The van der Waals surface area contributed by atoms with Crippen molar-refractivity contribution in [1.82, 2.24) is 4.90 Å². The minimum absolute atomic E-state index is 0.181. The average Bonchev–Trinajstić information content (AvgIpc) is 3.13. The van der Waals surface area contributed by atoms with Crippen molar-refractivity contribution in [2.75, 3.05) is 43.2 Å². The number of fused-ring (bicyclic) bond motifs is 1. The van der Waals surface area contributed by atoms with Crippen molar-refractivity contribution in [3.05, 3.63) is 46.4 Å². The van der Waals surface area contributed by atoms with E-state index in [1.807, 2.05) is 18.2 Å². The molecule has 1 N–H and O–H groups in total. The Morgan fingerprint density at radius 3 is 2.58 bits per heavy atom. The Morgan fingerprint density at radius 2 is 1.77 bits per heavy atom. The van der Waals surface area contributed by atoms with Gasteiger partial charge in [-0.3, -0.25) is 0 Å². The standard InChI is InChI=1S/C18H17Cl2N3O3/c19-13-2-1-3-14(17(13)20)21-18(24)23-8-6-22(7-9-23)12-4-5-15-16(10-12)26-11-25-15/h1-5,10H,6-9,11H2,(H,21,24). The summed E-state index contributed by atoms with van der Waals surface area (Å²) in [6, 6.07) is 10.9. The molecule has 0 bridgehead atoms. The molecule has 0 aromatic heterocycles. The van der Waals surface area contributed by atoms with Gasteiger partial charge in [0.15, 0.2) is 11.5 Å². The number of anilines is 2. The van der Waals surface area contributed by atoms with Crippen LogP contribution in [0.15, 0.2) is 36.4 Å². The van der Waals surface area contributed by atoms with Gasteiger partial charge in [0.2, 0.25) is 6.79 Å². The summed E-state index contributed by atoms with van der Waals surface area (Å²) >= 11 is 12.1. The van der Waals surface area contributed by atoms with Gasteiger partial charge in [0.25, 0.3) is 0 Å². The van der Waals surface area contributed by atoms with Crippen molar-refractivity contribution in [2.24, 2.45) is 0 Å². The first-order valence-electron chi connectivity index (χ1n) is 8.26. The molecule has 0 atom stereocenters. The summed E-state index contributed by atoms with van der Waals surface area (Å²) in [6.45, 7) is 2.95. The molecule has 2 aromatic carbocycles. The van der Waals surface area contributed by atoms with E-state index in [2.05, 4.69) is 10.2 Å². The number of carbonyl (C=O) groups is 1. The molecule has 6 nitrogen and oxygen atoms in total. The van der Waals surface area contributed by atoms with Crippen molar-refractivity contribution in [3.63, 3.8) is 0 Å².